The standard InChI is InChI=1S/C9H9F4N.H2/c1-14-5-6-3-2-4-7(8(6)10)9(11,12)13;/h2-4,14H,5H2,1H3;1H. The number of benzene rings is 1. The van der Waals surface area contributed by atoms with Crippen molar-refractivity contribution in [3.63, 3.8) is 0 Å². The van der Waals surface area contributed by atoms with Gasteiger partial charge in [-0.3, -0.25) is 0 Å². The highest BCUT2D eigenvalue weighted by atomic mass is 19.4. The Balaban J connectivity index is 0.00000196. The predicted molar refractivity (Wildman–Crippen MR) is 46.3 cm³/mol. The van der Waals surface area contributed by atoms with Crippen LogP contribution in [0.4, 0.5) is 17.6 Å². The van der Waals surface area contributed by atoms with E-state index in [9.17, 15) is 17.6 Å². The Hall–Kier alpha value is -1.10. The Morgan fingerprint density at radius 1 is 1.36 bits per heavy atom. The molecular weight excluding hydrogens is 198 g/mol. The zero-order valence-corrected chi connectivity index (χ0v) is 7.45. The molecule has 0 amide bonds. The normalized spacial score (nSPS) is 11.8. The molecule has 1 aromatic carbocycles. The summed E-state index contributed by atoms with van der Waals surface area (Å²) in [5.41, 5.74) is -1.20. The van der Waals surface area contributed by atoms with Crippen LogP contribution in [0.3, 0.4) is 0 Å². The van der Waals surface area contributed by atoms with E-state index in [1.165, 1.54) is 12.1 Å². The van der Waals surface area contributed by atoms with Crippen LogP contribution < -0.4 is 5.32 Å². The average molecular weight is 209 g/mol. The third kappa shape index (κ3) is 2.23. The summed E-state index contributed by atoms with van der Waals surface area (Å²) in [7, 11) is 1.54. The summed E-state index contributed by atoms with van der Waals surface area (Å²) < 4.78 is 49.8. The van der Waals surface area contributed by atoms with Crippen molar-refractivity contribution in [3.8, 4) is 0 Å². The minimum absolute atomic E-state index is 0. The summed E-state index contributed by atoms with van der Waals surface area (Å²) >= 11 is 0. The topological polar surface area (TPSA) is 12.0 Å². The molecule has 1 aromatic rings. The summed E-state index contributed by atoms with van der Waals surface area (Å²) in [5, 5.41) is 2.60. The van der Waals surface area contributed by atoms with Gasteiger partial charge in [0.2, 0.25) is 0 Å². The molecule has 0 fully saturated rings. The van der Waals surface area contributed by atoms with Crippen molar-refractivity contribution in [3.05, 3.63) is 35.1 Å². The number of halogens is 4. The molecule has 5 heteroatoms. The van der Waals surface area contributed by atoms with Crippen LogP contribution in [0.15, 0.2) is 18.2 Å². The lowest BCUT2D eigenvalue weighted by molar-refractivity contribution is -0.140. The molecule has 0 radical (unpaired) electrons. The summed E-state index contributed by atoms with van der Waals surface area (Å²) in [4.78, 5) is 0. The second-order valence-electron chi connectivity index (χ2n) is 2.81. The first-order valence-corrected chi connectivity index (χ1v) is 3.96. The van der Waals surface area contributed by atoms with Crippen molar-refractivity contribution in [2.75, 3.05) is 7.05 Å². The van der Waals surface area contributed by atoms with E-state index in [1.807, 2.05) is 0 Å². The fourth-order valence-electron chi connectivity index (χ4n) is 1.13. The van der Waals surface area contributed by atoms with Gasteiger partial charge in [-0.05, 0) is 13.1 Å². The number of hydrogen-bond acceptors (Lipinski definition) is 1. The Kier molecular flexibility index (Phi) is 3.10. The van der Waals surface area contributed by atoms with Crippen molar-refractivity contribution in [2.24, 2.45) is 0 Å². The Morgan fingerprint density at radius 2 is 2.00 bits per heavy atom. The van der Waals surface area contributed by atoms with Crippen LogP contribution in [-0.2, 0) is 12.7 Å². The molecule has 0 aliphatic carbocycles. The van der Waals surface area contributed by atoms with Gasteiger partial charge < -0.3 is 5.32 Å². The highest BCUT2D eigenvalue weighted by Gasteiger charge is 2.34. The maximum absolute atomic E-state index is 13.2. The monoisotopic (exact) mass is 209 g/mol. The zero-order chi connectivity index (χ0) is 10.8. The Bertz CT molecular complexity index is 324. The Morgan fingerprint density at radius 3 is 2.50 bits per heavy atom. The number of alkyl halides is 3. The lowest BCUT2D eigenvalue weighted by atomic mass is 10.1. The molecule has 0 heterocycles. The first kappa shape index (κ1) is 11.0. The highest BCUT2D eigenvalue weighted by Crippen LogP contribution is 2.32. The first-order chi connectivity index (χ1) is 6.46. The molecule has 0 saturated carbocycles. The lowest BCUT2D eigenvalue weighted by Crippen LogP contribution is -2.13. The van der Waals surface area contributed by atoms with Crippen molar-refractivity contribution < 1.29 is 19.0 Å². The molecule has 14 heavy (non-hydrogen) atoms. The molecule has 1 nitrogen and oxygen atoms in total. The molecule has 0 aliphatic heterocycles. The minimum atomic E-state index is -4.63. The van der Waals surface area contributed by atoms with Gasteiger partial charge >= 0.3 is 6.18 Å². The van der Waals surface area contributed by atoms with E-state index in [2.05, 4.69) is 5.32 Å². The quantitative estimate of drug-likeness (QED) is 0.738. The van der Waals surface area contributed by atoms with Gasteiger partial charge in [0, 0.05) is 13.5 Å². The van der Waals surface area contributed by atoms with Crippen molar-refractivity contribution >= 4 is 0 Å². The number of rotatable bonds is 2. The van der Waals surface area contributed by atoms with Crippen LogP contribution in [0.5, 0.6) is 0 Å². The van der Waals surface area contributed by atoms with Gasteiger partial charge in [0.25, 0.3) is 0 Å². The molecule has 1 rings (SSSR count). The van der Waals surface area contributed by atoms with Crippen LogP contribution >= 0.6 is 0 Å². The second-order valence-corrected chi connectivity index (χ2v) is 2.81. The summed E-state index contributed by atoms with van der Waals surface area (Å²) in [5.74, 6) is -1.20. The van der Waals surface area contributed by atoms with Crippen LogP contribution in [0.1, 0.15) is 12.6 Å². The summed E-state index contributed by atoms with van der Waals surface area (Å²) in [6.07, 6.45) is -4.63. The highest BCUT2D eigenvalue weighted by molar-refractivity contribution is 5.28. The predicted octanol–water partition coefficient (Wildman–Crippen LogP) is 2.81. The third-order valence-corrected chi connectivity index (χ3v) is 1.75. The van der Waals surface area contributed by atoms with E-state index in [1.54, 1.807) is 7.05 Å². The van der Waals surface area contributed by atoms with Crippen LogP contribution in [-0.4, -0.2) is 7.05 Å². The maximum Gasteiger partial charge on any atom is 0.419 e. The molecule has 0 aliphatic rings. The van der Waals surface area contributed by atoms with E-state index in [0.717, 1.165) is 6.07 Å². The van der Waals surface area contributed by atoms with Gasteiger partial charge in [0.1, 0.15) is 5.82 Å². The van der Waals surface area contributed by atoms with Crippen molar-refractivity contribution in [2.45, 2.75) is 12.7 Å². The molecule has 0 atom stereocenters. The average Bonchev–Trinajstić information content (AvgIpc) is 2.07. The minimum Gasteiger partial charge on any atom is -0.316 e. The van der Waals surface area contributed by atoms with Crippen LogP contribution in [0.25, 0.3) is 0 Å². The molecule has 0 bridgehead atoms. The van der Waals surface area contributed by atoms with Gasteiger partial charge in [-0.2, -0.15) is 13.2 Å². The van der Waals surface area contributed by atoms with Crippen molar-refractivity contribution in [1.29, 1.82) is 0 Å². The SMILES string of the molecule is CNCc1cccc(C(F)(F)F)c1F.[HH]. The molecule has 80 valence electrons. The van der Waals surface area contributed by atoms with Gasteiger partial charge in [-0.15, -0.1) is 0 Å². The van der Waals surface area contributed by atoms with E-state index >= 15 is 0 Å². The molecule has 0 unspecified atom stereocenters. The number of nitrogens with one attached hydrogen (secondary N) is 1. The van der Waals surface area contributed by atoms with E-state index in [-0.39, 0.29) is 13.5 Å². The van der Waals surface area contributed by atoms with Gasteiger partial charge in [-0.25, -0.2) is 4.39 Å². The van der Waals surface area contributed by atoms with Gasteiger partial charge in [0.05, 0.1) is 5.56 Å². The fraction of sp³-hybridized carbons (Fsp3) is 0.333. The molecule has 0 spiro atoms. The summed E-state index contributed by atoms with van der Waals surface area (Å²) in [6.45, 7) is 0.0791. The largest absolute Gasteiger partial charge is 0.419 e. The smallest absolute Gasteiger partial charge is 0.316 e. The molecule has 0 saturated heterocycles. The maximum atomic E-state index is 13.2. The van der Waals surface area contributed by atoms with E-state index < -0.39 is 17.6 Å². The van der Waals surface area contributed by atoms with Crippen LogP contribution in [0.2, 0.25) is 0 Å². The number of hydrogen-bond donors (Lipinski definition) is 1. The second kappa shape index (κ2) is 3.96. The molecular formula is C9H11F4N. The fourth-order valence-corrected chi connectivity index (χ4v) is 1.13. The summed E-state index contributed by atoms with van der Waals surface area (Å²) in [6, 6.07) is 3.24. The lowest BCUT2D eigenvalue weighted by Gasteiger charge is -2.10. The van der Waals surface area contributed by atoms with Crippen LogP contribution in [0, 0.1) is 5.82 Å². The van der Waals surface area contributed by atoms with Crippen molar-refractivity contribution in [1.82, 2.24) is 5.32 Å². The third-order valence-electron chi connectivity index (χ3n) is 1.75. The van der Waals surface area contributed by atoms with E-state index in [4.69, 9.17) is 0 Å². The molecule has 1 N–H and O–H groups in total. The van der Waals surface area contributed by atoms with Gasteiger partial charge in [-0.1, -0.05) is 12.1 Å². The van der Waals surface area contributed by atoms with Gasteiger partial charge in [0.15, 0.2) is 0 Å². The Labute approximate surface area is 80.2 Å². The molecule has 0 aromatic heterocycles. The zero-order valence-electron chi connectivity index (χ0n) is 7.45. The first-order valence-electron chi connectivity index (χ1n) is 3.96. The van der Waals surface area contributed by atoms with E-state index in [0.29, 0.717) is 0 Å².